The van der Waals surface area contributed by atoms with Crippen LogP contribution in [0.2, 0.25) is 0 Å². The van der Waals surface area contributed by atoms with E-state index in [4.69, 9.17) is 14.2 Å². The van der Waals surface area contributed by atoms with Crippen LogP contribution in [0.3, 0.4) is 0 Å². The van der Waals surface area contributed by atoms with Crippen LogP contribution in [-0.4, -0.2) is 29.9 Å². The lowest BCUT2D eigenvalue weighted by Gasteiger charge is -2.36. The van der Waals surface area contributed by atoms with Gasteiger partial charge in [0, 0.05) is 51.2 Å². The van der Waals surface area contributed by atoms with Crippen LogP contribution in [0.1, 0.15) is 29.8 Å². The number of aryl methyl sites for hydroxylation is 1. The first kappa shape index (κ1) is 18.7. The Kier molecular flexibility index (Phi) is 5.46. The largest absolute Gasteiger partial charge is 0.489 e. The van der Waals surface area contributed by atoms with Crippen molar-refractivity contribution in [2.24, 2.45) is 0 Å². The maximum Gasteiger partial charge on any atom is 0.119 e. The molecule has 0 bridgehead atoms. The Morgan fingerprint density at radius 2 is 1.75 bits per heavy atom. The summed E-state index contributed by atoms with van der Waals surface area (Å²) in [7, 11) is 1.78. The Labute approximate surface area is 165 Å². The van der Waals surface area contributed by atoms with Gasteiger partial charge in [-0.1, -0.05) is 24.3 Å². The molecule has 1 saturated heterocycles. The molecular formula is C23H26N2O3. The maximum atomic E-state index is 5.97. The molecule has 4 rings (SSSR count). The summed E-state index contributed by atoms with van der Waals surface area (Å²) in [5, 5.41) is 0. The molecule has 0 spiro atoms. The molecule has 0 N–H and O–H groups in total. The minimum absolute atomic E-state index is 0.238. The van der Waals surface area contributed by atoms with Gasteiger partial charge in [0.25, 0.3) is 0 Å². The minimum atomic E-state index is -0.238. The van der Waals surface area contributed by atoms with E-state index in [-0.39, 0.29) is 5.60 Å². The van der Waals surface area contributed by atoms with Crippen LogP contribution in [0.25, 0.3) is 5.69 Å². The molecule has 0 unspecified atom stereocenters. The summed E-state index contributed by atoms with van der Waals surface area (Å²) < 4.78 is 19.4. The molecule has 2 heterocycles. The fraction of sp³-hybridized carbons (Fsp3) is 0.348. The molecule has 0 aliphatic carbocycles. The van der Waals surface area contributed by atoms with E-state index >= 15 is 0 Å². The first-order valence-corrected chi connectivity index (χ1v) is 9.66. The molecule has 3 aromatic rings. The smallest absolute Gasteiger partial charge is 0.119 e. The third-order valence-corrected chi connectivity index (χ3v) is 5.52. The molecule has 1 aliphatic rings. The van der Waals surface area contributed by atoms with E-state index in [1.54, 1.807) is 7.11 Å². The van der Waals surface area contributed by atoms with Crippen LogP contribution in [0.15, 0.2) is 60.9 Å². The standard InChI is InChI=1S/C23H26N2O3/c1-18-24-13-14-25(18)21-7-3-19(4-8-21)17-28-22-9-5-20(6-10-22)23(26-2)11-15-27-16-12-23/h3-10,13-14H,11-12,15-17H2,1-2H3. The molecule has 146 valence electrons. The van der Waals surface area contributed by atoms with E-state index in [1.807, 2.05) is 31.5 Å². The maximum absolute atomic E-state index is 5.97. The molecule has 0 saturated carbocycles. The summed E-state index contributed by atoms with van der Waals surface area (Å²) in [6.45, 7) is 4.00. The summed E-state index contributed by atoms with van der Waals surface area (Å²) >= 11 is 0. The number of nitrogens with zero attached hydrogens (tertiary/aromatic N) is 2. The Balaban J connectivity index is 1.39. The van der Waals surface area contributed by atoms with Crippen LogP contribution >= 0.6 is 0 Å². The molecule has 5 heteroatoms. The van der Waals surface area contributed by atoms with Crippen LogP contribution in [0, 0.1) is 6.92 Å². The second-order valence-corrected chi connectivity index (χ2v) is 7.13. The summed E-state index contributed by atoms with van der Waals surface area (Å²) in [4.78, 5) is 4.27. The van der Waals surface area contributed by atoms with E-state index in [2.05, 4.69) is 45.9 Å². The lowest BCUT2D eigenvalue weighted by molar-refractivity contribution is -0.0948. The predicted molar refractivity (Wildman–Crippen MR) is 108 cm³/mol. The number of aromatic nitrogens is 2. The van der Waals surface area contributed by atoms with Crippen LogP contribution in [0.4, 0.5) is 0 Å². The number of benzene rings is 2. The van der Waals surface area contributed by atoms with E-state index in [9.17, 15) is 0 Å². The highest BCUT2D eigenvalue weighted by molar-refractivity contribution is 5.36. The van der Waals surface area contributed by atoms with Gasteiger partial charge in [0.2, 0.25) is 0 Å². The minimum Gasteiger partial charge on any atom is -0.489 e. The number of methoxy groups -OCH3 is 1. The van der Waals surface area contributed by atoms with Gasteiger partial charge in [-0.3, -0.25) is 0 Å². The molecule has 1 fully saturated rings. The number of ether oxygens (including phenoxy) is 3. The highest BCUT2D eigenvalue weighted by Crippen LogP contribution is 2.36. The first-order chi connectivity index (χ1) is 13.7. The van der Waals surface area contributed by atoms with Gasteiger partial charge in [0.05, 0.1) is 5.60 Å². The van der Waals surface area contributed by atoms with Crippen molar-refractivity contribution in [3.05, 3.63) is 77.9 Å². The molecule has 0 radical (unpaired) electrons. The summed E-state index contributed by atoms with van der Waals surface area (Å²) in [5.41, 5.74) is 3.18. The van der Waals surface area contributed by atoms with Gasteiger partial charge in [-0.2, -0.15) is 0 Å². The van der Waals surface area contributed by atoms with Gasteiger partial charge >= 0.3 is 0 Å². The number of imidazole rings is 1. The van der Waals surface area contributed by atoms with Gasteiger partial charge in [0.1, 0.15) is 18.2 Å². The zero-order chi connectivity index (χ0) is 19.4. The topological polar surface area (TPSA) is 45.5 Å². The summed E-state index contributed by atoms with van der Waals surface area (Å²) in [6.07, 6.45) is 5.54. The monoisotopic (exact) mass is 378 g/mol. The Hall–Kier alpha value is -2.63. The van der Waals surface area contributed by atoms with Gasteiger partial charge < -0.3 is 18.8 Å². The lowest BCUT2D eigenvalue weighted by atomic mass is 9.86. The second kappa shape index (κ2) is 8.17. The zero-order valence-corrected chi connectivity index (χ0v) is 16.4. The van der Waals surface area contributed by atoms with Crippen molar-refractivity contribution in [3.8, 4) is 11.4 Å². The molecular weight excluding hydrogens is 352 g/mol. The van der Waals surface area contributed by atoms with Crippen molar-refractivity contribution < 1.29 is 14.2 Å². The van der Waals surface area contributed by atoms with Crippen molar-refractivity contribution in [1.29, 1.82) is 0 Å². The molecule has 2 aromatic carbocycles. The Morgan fingerprint density at radius 1 is 1.04 bits per heavy atom. The van der Waals surface area contributed by atoms with Gasteiger partial charge in [-0.15, -0.1) is 0 Å². The second-order valence-electron chi connectivity index (χ2n) is 7.13. The van der Waals surface area contributed by atoms with Crippen molar-refractivity contribution in [1.82, 2.24) is 9.55 Å². The fourth-order valence-corrected chi connectivity index (χ4v) is 3.74. The van der Waals surface area contributed by atoms with E-state index in [0.717, 1.165) is 48.9 Å². The third kappa shape index (κ3) is 3.81. The number of hydrogen-bond acceptors (Lipinski definition) is 4. The van der Waals surface area contributed by atoms with Crippen molar-refractivity contribution >= 4 is 0 Å². The molecule has 0 atom stereocenters. The zero-order valence-electron chi connectivity index (χ0n) is 16.4. The van der Waals surface area contributed by atoms with E-state index < -0.39 is 0 Å². The molecule has 0 amide bonds. The summed E-state index contributed by atoms with van der Waals surface area (Å²) in [6, 6.07) is 16.6. The normalized spacial score (nSPS) is 16.1. The van der Waals surface area contributed by atoms with Gasteiger partial charge in [0.15, 0.2) is 0 Å². The molecule has 1 aliphatic heterocycles. The average molecular weight is 378 g/mol. The van der Waals surface area contributed by atoms with Crippen molar-refractivity contribution in [2.75, 3.05) is 20.3 Å². The number of hydrogen-bond donors (Lipinski definition) is 0. The first-order valence-electron chi connectivity index (χ1n) is 9.66. The molecule has 1 aromatic heterocycles. The van der Waals surface area contributed by atoms with Crippen molar-refractivity contribution in [3.63, 3.8) is 0 Å². The molecule has 28 heavy (non-hydrogen) atoms. The lowest BCUT2D eigenvalue weighted by Crippen LogP contribution is -2.35. The average Bonchev–Trinajstić information content (AvgIpc) is 3.19. The van der Waals surface area contributed by atoms with Crippen molar-refractivity contribution in [2.45, 2.75) is 32.0 Å². The quantitative estimate of drug-likeness (QED) is 0.637. The third-order valence-electron chi connectivity index (χ3n) is 5.52. The van der Waals surface area contributed by atoms with E-state index in [1.165, 1.54) is 5.56 Å². The van der Waals surface area contributed by atoms with E-state index in [0.29, 0.717) is 6.61 Å². The predicted octanol–water partition coefficient (Wildman–Crippen LogP) is 4.41. The fourth-order valence-electron chi connectivity index (χ4n) is 3.74. The highest BCUT2D eigenvalue weighted by Gasteiger charge is 2.34. The molecule has 5 nitrogen and oxygen atoms in total. The SMILES string of the molecule is COC1(c2ccc(OCc3ccc(-n4ccnc4C)cc3)cc2)CCOCC1. The van der Waals surface area contributed by atoms with Gasteiger partial charge in [-0.05, 0) is 42.3 Å². The van der Waals surface area contributed by atoms with Crippen LogP contribution in [-0.2, 0) is 21.7 Å². The Bertz CT molecular complexity index is 894. The van der Waals surface area contributed by atoms with Gasteiger partial charge in [-0.25, -0.2) is 4.98 Å². The Morgan fingerprint density at radius 3 is 2.36 bits per heavy atom. The number of rotatable bonds is 6. The van der Waals surface area contributed by atoms with Crippen LogP contribution < -0.4 is 4.74 Å². The highest BCUT2D eigenvalue weighted by atomic mass is 16.5. The summed E-state index contributed by atoms with van der Waals surface area (Å²) in [5.74, 6) is 1.83. The van der Waals surface area contributed by atoms with Crippen LogP contribution in [0.5, 0.6) is 5.75 Å².